The normalized spacial score (nSPS) is 10.1. The first-order valence-corrected chi connectivity index (χ1v) is 4.55. The average molecular weight is 211 g/mol. The van der Waals surface area contributed by atoms with Gasteiger partial charge in [-0.1, -0.05) is 0 Å². The molecule has 0 bridgehead atoms. The van der Waals surface area contributed by atoms with Crippen molar-refractivity contribution in [1.29, 1.82) is 0 Å². The van der Waals surface area contributed by atoms with Crippen LogP contribution in [0, 0.1) is 0 Å². The molecule has 15 heavy (non-hydrogen) atoms. The molecule has 0 aliphatic rings. The Morgan fingerprint density at radius 2 is 2.40 bits per heavy atom. The van der Waals surface area contributed by atoms with E-state index in [9.17, 15) is 0 Å². The molecule has 0 fully saturated rings. The summed E-state index contributed by atoms with van der Waals surface area (Å²) in [6.45, 7) is 4.24. The van der Waals surface area contributed by atoms with Gasteiger partial charge in [0.1, 0.15) is 0 Å². The molecule has 0 aliphatic heterocycles. The zero-order chi connectivity index (χ0) is 11.3. The van der Waals surface area contributed by atoms with E-state index >= 15 is 0 Å². The van der Waals surface area contributed by atoms with Crippen LogP contribution in [-0.2, 0) is 0 Å². The van der Waals surface area contributed by atoms with Gasteiger partial charge < -0.3 is 10.4 Å². The Balaban J connectivity index is 2.94. The van der Waals surface area contributed by atoms with E-state index in [1.807, 2.05) is 13.8 Å². The number of aromatic nitrogens is 3. The lowest BCUT2D eigenvalue weighted by Crippen LogP contribution is -2.13. The molecule has 0 aliphatic carbocycles. The number of anilines is 1. The van der Waals surface area contributed by atoms with Crippen molar-refractivity contribution in [1.82, 2.24) is 14.8 Å². The van der Waals surface area contributed by atoms with Gasteiger partial charge in [-0.2, -0.15) is 4.98 Å². The Kier molecular flexibility index (Phi) is 3.90. The summed E-state index contributed by atoms with van der Waals surface area (Å²) >= 11 is 0. The molecule has 0 spiro atoms. The van der Waals surface area contributed by atoms with Crippen LogP contribution in [0.15, 0.2) is 5.11 Å². The molecule has 0 radical (unpaired) electrons. The molecular formula is C7H13N7O. The first kappa shape index (κ1) is 11.3. The van der Waals surface area contributed by atoms with Gasteiger partial charge in [-0.3, -0.25) is 0 Å². The number of rotatable bonds is 5. The zero-order valence-corrected chi connectivity index (χ0v) is 8.62. The highest BCUT2D eigenvalue weighted by molar-refractivity contribution is 5.31. The van der Waals surface area contributed by atoms with Crippen molar-refractivity contribution >= 4 is 11.9 Å². The second-order valence-electron chi connectivity index (χ2n) is 3.11. The van der Waals surface area contributed by atoms with E-state index in [0.717, 1.165) is 0 Å². The fourth-order valence-corrected chi connectivity index (χ4v) is 1.04. The van der Waals surface area contributed by atoms with Gasteiger partial charge in [0, 0.05) is 11.5 Å². The third-order valence-electron chi connectivity index (χ3n) is 1.64. The van der Waals surface area contributed by atoms with Gasteiger partial charge in [-0.15, -0.1) is 5.10 Å². The van der Waals surface area contributed by atoms with Crippen LogP contribution in [0.5, 0.6) is 0 Å². The first-order valence-electron chi connectivity index (χ1n) is 4.55. The molecular weight excluding hydrogens is 198 g/mol. The second-order valence-corrected chi connectivity index (χ2v) is 3.11. The molecule has 1 rings (SSSR count). The van der Waals surface area contributed by atoms with Crippen molar-refractivity contribution in [2.75, 3.05) is 18.5 Å². The van der Waals surface area contributed by atoms with Crippen molar-refractivity contribution in [2.45, 2.75) is 19.9 Å². The van der Waals surface area contributed by atoms with E-state index in [1.165, 1.54) is 0 Å². The number of aliphatic hydroxyl groups is 1. The van der Waals surface area contributed by atoms with Gasteiger partial charge in [-0.25, -0.2) is 4.68 Å². The minimum Gasteiger partial charge on any atom is -0.395 e. The van der Waals surface area contributed by atoms with Crippen molar-refractivity contribution < 1.29 is 5.11 Å². The number of aliphatic hydroxyl groups excluding tert-OH is 1. The molecule has 1 heterocycles. The number of hydrogen-bond acceptors (Lipinski definition) is 5. The molecule has 0 unspecified atom stereocenters. The Morgan fingerprint density at radius 3 is 2.93 bits per heavy atom. The van der Waals surface area contributed by atoms with E-state index in [1.54, 1.807) is 4.68 Å². The van der Waals surface area contributed by atoms with Crippen LogP contribution in [-0.4, -0.2) is 33.0 Å². The Hall–Kier alpha value is -1.79. The van der Waals surface area contributed by atoms with Crippen molar-refractivity contribution in [3.63, 3.8) is 0 Å². The molecule has 0 atom stereocenters. The predicted octanol–water partition coefficient (Wildman–Crippen LogP) is 1.20. The highest BCUT2D eigenvalue weighted by atomic mass is 16.3. The summed E-state index contributed by atoms with van der Waals surface area (Å²) in [7, 11) is 0. The molecule has 0 amide bonds. The smallest absolute Gasteiger partial charge is 0.239 e. The van der Waals surface area contributed by atoms with Crippen LogP contribution >= 0.6 is 0 Å². The van der Waals surface area contributed by atoms with Gasteiger partial charge in [0.2, 0.25) is 11.9 Å². The highest BCUT2D eigenvalue weighted by Gasteiger charge is 2.10. The third-order valence-corrected chi connectivity index (χ3v) is 1.64. The molecule has 8 heteroatoms. The minimum absolute atomic E-state index is 0.00179. The highest BCUT2D eigenvalue weighted by Crippen LogP contribution is 2.16. The Bertz CT molecular complexity index is 365. The van der Waals surface area contributed by atoms with Crippen LogP contribution in [0.2, 0.25) is 0 Å². The molecule has 8 nitrogen and oxygen atoms in total. The van der Waals surface area contributed by atoms with Crippen molar-refractivity contribution in [3.8, 4) is 0 Å². The minimum atomic E-state index is 0.00179. The SMILES string of the molecule is CC(C)n1nc(N=[N+]=[N-])nc1NCCO. The van der Waals surface area contributed by atoms with Gasteiger partial charge in [0.15, 0.2) is 0 Å². The Labute approximate surface area is 86.6 Å². The summed E-state index contributed by atoms with van der Waals surface area (Å²) < 4.78 is 1.60. The third kappa shape index (κ3) is 2.83. The fourth-order valence-electron chi connectivity index (χ4n) is 1.04. The predicted molar refractivity (Wildman–Crippen MR) is 54.8 cm³/mol. The van der Waals surface area contributed by atoms with E-state index in [0.29, 0.717) is 12.5 Å². The van der Waals surface area contributed by atoms with Crippen LogP contribution in [0.4, 0.5) is 11.9 Å². The van der Waals surface area contributed by atoms with E-state index in [4.69, 9.17) is 10.6 Å². The quantitative estimate of drug-likeness (QED) is 0.433. The maximum absolute atomic E-state index is 8.67. The van der Waals surface area contributed by atoms with Crippen LogP contribution in [0.1, 0.15) is 19.9 Å². The van der Waals surface area contributed by atoms with Gasteiger partial charge in [0.25, 0.3) is 0 Å². The van der Waals surface area contributed by atoms with Crippen LogP contribution < -0.4 is 5.32 Å². The van der Waals surface area contributed by atoms with E-state index in [-0.39, 0.29) is 18.6 Å². The lowest BCUT2D eigenvalue weighted by molar-refractivity contribution is 0.310. The number of hydrogen-bond donors (Lipinski definition) is 2. The van der Waals surface area contributed by atoms with Gasteiger partial charge >= 0.3 is 0 Å². The maximum Gasteiger partial charge on any atom is 0.239 e. The van der Waals surface area contributed by atoms with Crippen LogP contribution in [0.25, 0.3) is 10.4 Å². The number of azide groups is 1. The molecule has 1 aromatic rings. The summed E-state index contributed by atoms with van der Waals surface area (Å²) in [6.07, 6.45) is 0. The molecule has 82 valence electrons. The molecule has 0 saturated heterocycles. The average Bonchev–Trinajstić information content (AvgIpc) is 2.59. The monoisotopic (exact) mass is 211 g/mol. The zero-order valence-electron chi connectivity index (χ0n) is 8.62. The van der Waals surface area contributed by atoms with Crippen molar-refractivity contribution in [2.24, 2.45) is 5.11 Å². The molecule has 1 aromatic heterocycles. The van der Waals surface area contributed by atoms with Crippen molar-refractivity contribution in [3.05, 3.63) is 10.4 Å². The maximum atomic E-state index is 8.67. The fraction of sp³-hybridized carbons (Fsp3) is 0.714. The van der Waals surface area contributed by atoms with Gasteiger partial charge in [0.05, 0.1) is 12.6 Å². The lowest BCUT2D eigenvalue weighted by Gasteiger charge is -2.09. The van der Waals surface area contributed by atoms with E-state index < -0.39 is 0 Å². The largest absolute Gasteiger partial charge is 0.395 e. The Morgan fingerprint density at radius 1 is 1.67 bits per heavy atom. The molecule has 0 aromatic carbocycles. The second kappa shape index (κ2) is 5.18. The summed E-state index contributed by atoms with van der Waals surface area (Å²) in [5, 5.41) is 18.9. The van der Waals surface area contributed by atoms with Crippen LogP contribution in [0.3, 0.4) is 0 Å². The summed E-state index contributed by atoms with van der Waals surface area (Å²) in [5.41, 5.74) is 8.24. The number of nitrogens with one attached hydrogen (secondary N) is 1. The first-order chi connectivity index (χ1) is 7.19. The molecule has 0 saturated carbocycles. The lowest BCUT2D eigenvalue weighted by atomic mass is 10.4. The summed E-state index contributed by atoms with van der Waals surface area (Å²) in [6, 6.07) is 0.0985. The summed E-state index contributed by atoms with van der Waals surface area (Å²) in [4.78, 5) is 6.58. The topological polar surface area (TPSA) is 112 Å². The molecule has 2 N–H and O–H groups in total. The standard InChI is InChI=1S/C7H13N7O/c1-5(2)14-7(9-3-4-15)10-6(12-14)11-13-8/h5,15H,3-4H2,1-2H3,(H,9,10,12). The van der Waals surface area contributed by atoms with E-state index in [2.05, 4.69) is 25.4 Å². The summed E-state index contributed by atoms with van der Waals surface area (Å²) in [5.74, 6) is 0.563. The van der Waals surface area contributed by atoms with Gasteiger partial charge in [-0.05, 0) is 24.5 Å². The number of nitrogens with zero attached hydrogens (tertiary/aromatic N) is 6.